The van der Waals surface area contributed by atoms with Crippen LogP contribution in [0, 0.1) is 0 Å². The van der Waals surface area contributed by atoms with Crippen LogP contribution >= 0.6 is 11.3 Å². The summed E-state index contributed by atoms with van der Waals surface area (Å²) in [5, 5.41) is 5.69. The molecule has 1 aliphatic rings. The third-order valence-electron chi connectivity index (χ3n) is 3.90. The third kappa shape index (κ3) is 2.15. The molecule has 5 nitrogen and oxygen atoms in total. The van der Waals surface area contributed by atoms with E-state index in [-0.39, 0.29) is 0 Å². The summed E-state index contributed by atoms with van der Waals surface area (Å²) in [6.07, 6.45) is 3.80. The molecule has 0 radical (unpaired) electrons. The topological polar surface area (TPSA) is 59.5 Å². The third-order valence-corrected chi connectivity index (χ3v) is 4.87. The number of piperidine rings is 1. The largest absolute Gasteiger partial charge is 0.382 e. The average molecular weight is 299 g/mol. The number of imidazole rings is 1. The van der Waals surface area contributed by atoms with Gasteiger partial charge in [-0.1, -0.05) is 41.7 Å². The number of anilines is 2. The van der Waals surface area contributed by atoms with Gasteiger partial charge < -0.3 is 10.6 Å². The number of hydrogen-bond donors (Lipinski definition) is 1. The maximum Gasteiger partial charge on any atom is 0.216 e. The molecule has 0 bridgehead atoms. The molecule has 0 unspecified atom stereocenters. The number of rotatable bonds is 2. The van der Waals surface area contributed by atoms with Crippen molar-refractivity contribution in [3.63, 3.8) is 0 Å². The number of hydrogen-bond acceptors (Lipinski definition) is 5. The summed E-state index contributed by atoms with van der Waals surface area (Å²) in [6.45, 7) is 2.17. The van der Waals surface area contributed by atoms with Crippen LogP contribution in [0.25, 0.3) is 16.2 Å². The van der Waals surface area contributed by atoms with E-state index in [4.69, 9.17) is 5.73 Å². The molecule has 3 aromatic rings. The first-order valence-corrected chi connectivity index (χ1v) is 8.10. The van der Waals surface area contributed by atoms with Gasteiger partial charge in [-0.15, -0.1) is 5.10 Å². The highest BCUT2D eigenvalue weighted by Crippen LogP contribution is 2.32. The summed E-state index contributed by atoms with van der Waals surface area (Å²) in [5.74, 6) is 0.621. The monoisotopic (exact) mass is 299 g/mol. The van der Waals surface area contributed by atoms with Crippen molar-refractivity contribution >= 4 is 27.2 Å². The second kappa shape index (κ2) is 5.04. The maximum absolute atomic E-state index is 6.24. The first kappa shape index (κ1) is 12.6. The van der Waals surface area contributed by atoms with Crippen molar-refractivity contribution in [3.8, 4) is 11.3 Å². The molecule has 2 aromatic heterocycles. The Balaban J connectivity index is 1.74. The maximum atomic E-state index is 6.24. The van der Waals surface area contributed by atoms with Gasteiger partial charge in [0.05, 0.1) is 0 Å². The summed E-state index contributed by atoms with van der Waals surface area (Å²) >= 11 is 1.62. The zero-order valence-corrected chi connectivity index (χ0v) is 12.5. The Morgan fingerprint density at radius 2 is 1.81 bits per heavy atom. The lowest BCUT2D eigenvalue weighted by Gasteiger charge is -2.25. The molecule has 4 rings (SSSR count). The highest BCUT2D eigenvalue weighted by Gasteiger charge is 2.19. The van der Waals surface area contributed by atoms with E-state index in [1.807, 2.05) is 30.3 Å². The molecule has 6 heteroatoms. The average Bonchev–Trinajstić information content (AvgIpc) is 3.09. The summed E-state index contributed by atoms with van der Waals surface area (Å²) in [7, 11) is 0. The molecule has 3 heterocycles. The van der Waals surface area contributed by atoms with Gasteiger partial charge in [-0.3, -0.25) is 0 Å². The second-order valence-electron chi connectivity index (χ2n) is 5.34. The molecular formula is C15H17N5S. The number of benzene rings is 1. The van der Waals surface area contributed by atoms with Crippen LogP contribution in [0.2, 0.25) is 0 Å². The first-order valence-electron chi connectivity index (χ1n) is 7.28. The van der Waals surface area contributed by atoms with E-state index >= 15 is 0 Å². The van der Waals surface area contributed by atoms with Crippen LogP contribution in [-0.4, -0.2) is 27.7 Å². The van der Waals surface area contributed by atoms with Crippen molar-refractivity contribution in [1.82, 2.24) is 14.6 Å². The molecule has 0 aliphatic carbocycles. The Kier molecular flexibility index (Phi) is 3.03. The van der Waals surface area contributed by atoms with Gasteiger partial charge in [-0.2, -0.15) is 4.52 Å². The van der Waals surface area contributed by atoms with Crippen LogP contribution in [-0.2, 0) is 0 Å². The standard InChI is InChI=1S/C15H17N5S/c16-13-12(11-7-3-1-4-8-11)17-14-20(13)18-15(21-14)19-9-5-2-6-10-19/h1,3-4,7-8H,2,5-6,9-10,16H2. The van der Waals surface area contributed by atoms with E-state index in [1.165, 1.54) is 19.3 Å². The molecule has 1 fully saturated rings. The Labute approximate surface area is 127 Å². The summed E-state index contributed by atoms with van der Waals surface area (Å²) < 4.78 is 1.77. The molecular weight excluding hydrogens is 282 g/mol. The second-order valence-corrected chi connectivity index (χ2v) is 6.27. The van der Waals surface area contributed by atoms with Gasteiger partial charge in [-0.25, -0.2) is 4.98 Å². The lowest BCUT2D eigenvalue weighted by molar-refractivity contribution is 0.574. The zero-order valence-electron chi connectivity index (χ0n) is 11.7. The van der Waals surface area contributed by atoms with Crippen molar-refractivity contribution in [2.45, 2.75) is 19.3 Å². The quantitative estimate of drug-likeness (QED) is 0.790. The van der Waals surface area contributed by atoms with E-state index < -0.39 is 0 Å². The molecule has 108 valence electrons. The fourth-order valence-corrected chi connectivity index (χ4v) is 3.74. The number of nitrogen functional groups attached to an aromatic ring is 1. The molecule has 21 heavy (non-hydrogen) atoms. The van der Waals surface area contributed by atoms with E-state index in [9.17, 15) is 0 Å². The highest BCUT2D eigenvalue weighted by atomic mass is 32.1. The molecule has 1 aliphatic heterocycles. The van der Waals surface area contributed by atoms with E-state index in [0.29, 0.717) is 5.82 Å². The Bertz CT molecular complexity index is 755. The van der Waals surface area contributed by atoms with Gasteiger partial charge in [-0.05, 0) is 19.3 Å². The molecule has 0 spiro atoms. The smallest absolute Gasteiger partial charge is 0.216 e. The molecule has 0 saturated carbocycles. The summed E-state index contributed by atoms with van der Waals surface area (Å²) in [6, 6.07) is 10.0. The van der Waals surface area contributed by atoms with Crippen LogP contribution in [0.5, 0.6) is 0 Å². The minimum absolute atomic E-state index is 0.621. The number of fused-ring (bicyclic) bond motifs is 1. The minimum atomic E-state index is 0.621. The van der Waals surface area contributed by atoms with Gasteiger partial charge in [0.1, 0.15) is 5.69 Å². The SMILES string of the molecule is Nc1c(-c2ccccc2)nc2sc(N3CCCCC3)nn12. The predicted octanol–water partition coefficient (Wildman–Crippen LogP) is 3.03. The molecule has 2 N–H and O–H groups in total. The fraction of sp³-hybridized carbons (Fsp3) is 0.333. The van der Waals surface area contributed by atoms with E-state index in [2.05, 4.69) is 15.0 Å². The van der Waals surface area contributed by atoms with Crippen molar-refractivity contribution < 1.29 is 0 Å². The summed E-state index contributed by atoms with van der Waals surface area (Å²) in [4.78, 5) is 7.87. The summed E-state index contributed by atoms with van der Waals surface area (Å²) in [5.41, 5.74) is 8.09. The van der Waals surface area contributed by atoms with Crippen molar-refractivity contribution in [1.29, 1.82) is 0 Å². The number of nitrogens with two attached hydrogens (primary N) is 1. The predicted molar refractivity (Wildman–Crippen MR) is 86.8 cm³/mol. The van der Waals surface area contributed by atoms with Crippen LogP contribution in [0.15, 0.2) is 30.3 Å². The molecule has 1 saturated heterocycles. The molecule has 0 atom stereocenters. The normalized spacial score (nSPS) is 15.7. The Morgan fingerprint density at radius 1 is 1.05 bits per heavy atom. The van der Waals surface area contributed by atoms with Crippen molar-refractivity contribution in [3.05, 3.63) is 30.3 Å². The van der Waals surface area contributed by atoms with Gasteiger partial charge >= 0.3 is 0 Å². The van der Waals surface area contributed by atoms with E-state index in [0.717, 1.165) is 34.4 Å². The Hall–Kier alpha value is -2.08. The lowest BCUT2D eigenvalue weighted by atomic mass is 10.1. The minimum Gasteiger partial charge on any atom is -0.382 e. The molecule has 0 amide bonds. The van der Waals surface area contributed by atoms with Crippen LogP contribution in [0.4, 0.5) is 10.9 Å². The van der Waals surface area contributed by atoms with Crippen LogP contribution in [0.3, 0.4) is 0 Å². The van der Waals surface area contributed by atoms with Gasteiger partial charge in [0.2, 0.25) is 10.1 Å². The lowest BCUT2D eigenvalue weighted by Crippen LogP contribution is -2.29. The van der Waals surface area contributed by atoms with Crippen molar-refractivity contribution in [2.24, 2.45) is 0 Å². The molecule has 1 aromatic carbocycles. The van der Waals surface area contributed by atoms with Gasteiger partial charge in [0.25, 0.3) is 0 Å². The van der Waals surface area contributed by atoms with Gasteiger partial charge in [0, 0.05) is 18.7 Å². The van der Waals surface area contributed by atoms with Gasteiger partial charge in [0.15, 0.2) is 5.82 Å². The Morgan fingerprint density at radius 3 is 2.52 bits per heavy atom. The number of nitrogens with zero attached hydrogens (tertiary/aromatic N) is 4. The zero-order chi connectivity index (χ0) is 14.2. The first-order chi connectivity index (χ1) is 10.3. The van der Waals surface area contributed by atoms with E-state index in [1.54, 1.807) is 15.9 Å². The van der Waals surface area contributed by atoms with Crippen molar-refractivity contribution in [2.75, 3.05) is 23.7 Å². The van der Waals surface area contributed by atoms with Crippen LogP contribution < -0.4 is 10.6 Å². The highest BCUT2D eigenvalue weighted by molar-refractivity contribution is 7.20. The number of aromatic nitrogens is 3. The fourth-order valence-electron chi connectivity index (χ4n) is 2.78. The van der Waals surface area contributed by atoms with Crippen LogP contribution in [0.1, 0.15) is 19.3 Å².